The van der Waals surface area contributed by atoms with Gasteiger partial charge in [-0.05, 0) is 31.5 Å². The summed E-state index contributed by atoms with van der Waals surface area (Å²) in [4.78, 5) is 35.4. The zero-order chi connectivity index (χ0) is 14.5. The molecule has 7 nitrogen and oxygen atoms in total. The van der Waals surface area contributed by atoms with Gasteiger partial charge >= 0.3 is 6.09 Å². The number of hydrogen-bond donors (Lipinski definition) is 2. The Kier molecular flexibility index (Phi) is 4.31. The van der Waals surface area contributed by atoms with Gasteiger partial charge in [0.1, 0.15) is 0 Å². The summed E-state index contributed by atoms with van der Waals surface area (Å²) in [5.41, 5.74) is 7.98. The molecule has 106 valence electrons. The van der Waals surface area contributed by atoms with E-state index in [1.54, 1.807) is 12.1 Å². The molecule has 3 amide bonds. The highest BCUT2D eigenvalue weighted by molar-refractivity contribution is 6.21. The number of imide groups is 1. The molecule has 0 saturated heterocycles. The van der Waals surface area contributed by atoms with Crippen LogP contribution in [0, 0.1) is 0 Å². The molecular formula is C13H15N3O4. The minimum atomic E-state index is -0.837. The van der Waals surface area contributed by atoms with Crippen LogP contribution >= 0.6 is 0 Å². The van der Waals surface area contributed by atoms with Crippen molar-refractivity contribution in [3.05, 3.63) is 35.4 Å². The second-order valence-corrected chi connectivity index (χ2v) is 4.23. The van der Waals surface area contributed by atoms with Gasteiger partial charge in [0.15, 0.2) is 0 Å². The Bertz CT molecular complexity index is 509. The smallest absolute Gasteiger partial charge is 0.426 e. The van der Waals surface area contributed by atoms with Crippen molar-refractivity contribution < 1.29 is 19.1 Å². The normalized spacial score (nSPS) is 13.3. The molecule has 1 aromatic rings. The summed E-state index contributed by atoms with van der Waals surface area (Å²) < 4.78 is 4.85. The van der Waals surface area contributed by atoms with Gasteiger partial charge in [-0.2, -0.15) is 5.01 Å². The highest BCUT2D eigenvalue weighted by Gasteiger charge is 2.36. The predicted molar refractivity (Wildman–Crippen MR) is 69.7 cm³/mol. The third-order valence-electron chi connectivity index (χ3n) is 2.83. The number of benzene rings is 1. The number of nitrogens with one attached hydrogen (secondary N) is 1. The Labute approximate surface area is 115 Å². The van der Waals surface area contributed by atoms with Gasteiger partial charge in [-0.15, -0.1) is 0 Å². The first kappa shape index (κ1) is 14.0. The first-order chi connectivity index (χ1) is 9.65. The van der Waals surface area contributed by atoms with Gasteiger partial charge in [0, 0.05) is 0 Å². The SMILES string of the molecule is NCCCCOC(=O)NN1C(=O)c2ccccc2C1=O. The highest BCUT2D eigenvalue weighted by Crippen LogP contribution is 2.20. The molecule has 7 heteroatoms. The Morgan fingerprint density at radius 2 is 1.75 bits per heavy atom. The summed E-state index contributed by atoms with van der Waals surface area (Å²) in [5, 5.41) is 0.663. The van der Waals surface area contributed by atoms with Crippen LogP contribution in [-0.2, 0) is 4.74 Å². The van der Waals surface area contributed by atoms with Crippen molar-refractivity contribution in [2.45, 2.75) is 12.8 Å². The van der Waals surface area contributed by atoms with Crippen LogP contribution < -0.4 is 11.2 Å². The number of unbranched alkanes of at least 4 members (excludes halogenated alkanes) is 1. The molecule has 0 fully saturated rings. The molecule has 3 N–H and O–H groups in total. The Morgan fingerprint density at radius 3 is 2.30 bits per heavy atom. The average Bonchev–Trinajstić information content (AvgIpc) is 2.69. The number of carbonyl (C=O) groups excluding carboxylic acids is 3. The number of nitrogens with zero attached hydrogens (tertiary/aromatic N) is 1. The van der Waals surface area contributed by atoms with Crippen LogP contribution in [0.4, 0.5) is 4.79 Å². The zero-order valence-corrected chi connectivity index (χ0v) is 10.8. The lowest BCUT2D eigenvalue weighted by Crippen LogP contribution is -2.46. The van der Waals surface area contributed by atoms with Crippen LogP contribution in [-0.4, -0.2) is 36.1 Å². The molecule has 1 heterocycles. The lowest BCUT2D eigenvalue weighted by atomic mass is 10.1. The minimum Gasteiger partial charge on any atom is -0.448 e. The topological polar surface area (TPSA) is 102 Å². The van der Waals surface area contributed by atoms with Crippen LogP contribution in [0.15, 0.2) is 24.3 Å². The van der Waals surface area contributed by atoms with Crippen molar-refractivity contribution in [1.82, 2.24) is 10.4 Å². The molecule has 0 unspecified atom stereocenters. The van der Waals surface area contributed by atoms with Crippen molar-refractivity contribution in [1.29, 1.82) is 0 Å². The van der Waals surface area contributed by atoms with E-state index >= 15 is 0 Å². The third-order valence-corrected chi connectivity index (χ3v) is 2.83. The van der Waals surface area contributed by atoms with Crippen LogP contribution in [0.3, 0.4) is 0 Å². The van der Waals surface area contributed by atoms with E-state index in [9.17, 15) is 14.4 Å². The second kappa shape index (κ2) is 6.16. The molecule has 1 aliphatic heterocycles. The quantitative estimate of drug-likeness (QED) is 0.608. The number of carbonyl (C=O) groups is 3. The average molecular weight is 277 g/mol. The third kappa shape index (κ3) is 2.77. The van der Waals surface area contributed by atoms with Crippen LogP contribution in [0.1, 0.15) is 33.6 Å². The number of fused-ring (bicyclic) bond motifs is 1. The predicted octanol–water partition coefficient (Wildman–Crippen LogP) is 0.663. The Hall–Kier alpha value is -2.41. The van der Waals surface area contributed by atoms with Crippen LogP contribution in [0.2, 0.25) is 0 Å². The number of hydrazine groups is 1. The maximum absolute atomic E-state index is 11.9. The Morgan fingerprint density at radius 1 is 1.15 bits per heavy atom. The van der Waals surface area contributed by atoms with Crippen molar-refractivity contribution in [2.75, 3.05) is 13.2 Å². The summed E-state index contributed by atoms with van der Waals surface area (Å²) in [7, 11) is 0. The summed E-state index contributed by atoms with van der Waals surface area (Å²) >= 11 is 0. The lowest BCUT2D eigenvalue weighted by molar-refractivity contribution is 0.0527. The Balaban J connectivity index is 1.93. The van der Waals surface area contributed by atoms with Gasteiger partial charge in [0.05, 0.1) is 17.7 Å². The minimum absolute atomic E-state index is 0.187. The zero-order valence-electron chi connectivity index (χ0n) is 10.8. The van der Waals surface area contributed by atoms with E-state index in [-0.39, 0.29) is 17.7 Å². The van der Waals surface area contributed by atoms with E-state index < -0.39 is 17.9 Å². The maximum Gasteiger partial charge on any atom is 0.426 e. The number of hydrogen-bond acceptors (Lipinski definition) is 5. The summed E-state index contributed by atoms with van der Waals surface area (Å²) in [5.74, 6) is -1.13. The van der Waals surface area contributed by atoms with Gasteiger partial charge in [-0.25, -0.2) is 10.2 Å². The number of nitrogens with two attached hydrogens (primary N) is 1. The molecule has 2 rings (SSSR count). The highest BCUT2D eigenvalue weighted by atomic mass is 16.6. The van der Waals surface area contributed by atoms with Gasteiger partial charge in [-0.3, -0.25) is 9.59 Å². The molecule has 0 aliphatic carbocycles. The fourth-order valence-corrected chi connectivity index (χ4v) is 1.83. The first-order valence-corrected chi connectivity index (χ1v) is 6.26. The molecule has 0 aromatic heterocycles. The van der Waals surface area contributed by atoms with E-state index in [4.69, 9.17) is 10.5 Å². The van der Waals surface area contributed by atoms with E-state index in [0.29, 0.717) is 18.0 Å². The van der Waals surface area contributed by atoms with Gasteiger partial charge < -0.3 is 10.5 Å². The number of rotatable bonds is 5. The van der Waals surface area contributed by atoms with E-state index in [1.165, 1.54) is 12.1 Å². The molecule has 0 atom stereocenters. The maximum atomic E-state index is 11.9. The molecule has 1 aromatic carbocycles. The number of ether oxygens (including phenoxy) is 1. The fourth-order valence-electron chi connectivity index (χ4n) is 1.83. The van der Waals surface area contributed by atoms with Crippen molar-refractivity contribution in [2.24, 2.45) is 5.73 Å². The van der Waals surface area contributed by atoms with Crippen molar-refractivity contribution >= 4 is 17.9 Å². The molecule has 0 saturated carbocycles. The summed E-state index contributed by atoms with van der Waals surface area (Å²) in [6.07, 6.45) is 0.531. The van der Waals surface area contributed by atoms with E-state index in [1.807, 2.05) is 0 Å². The standard InChI is InChI=1S/C13H15N3O4/c14-7-3-4-8-20-13(19)15-16-11(17)9-5-1-2-6-10(9)12(16)18/h1-2,5-6H,3-4,7-8,14H2,(H,15,19). The monoisotopic (exact) mass is 277 g/mol. The molecule has 1 aliphatic rings. The first-order valence-electron chi connectivity index (χ1n) is 6.26. The van der Waals surface area contributed by atoms with Gasteiger partial charge in [0.25, 0.3) is 11.8 Å². The van der Waals surface area contributed by atoms with E-state index in [2.05, 4.69) is 5.43 Å². The van der Waals surface area contributed by atoms with Gasteiger partial charge in [0.2, 0.25) is 0 Å². The summed E-state index contributed by atoms with van der Waals surface area (Å²) in [6.45, 7) is 0.704. The van der Waals surface area contributed by atoms with E-state index in [0.717, 1.165) is 6.42 Å². The van der Waals surface area contributed by atoms with Crippen molar-refractivity contribution in [3.8, 4) is 0 Å². The molecule has 0 radical (unpaired) electrons. The largest absolute Gasteiger partial charge is 0.448 e. The van der Waals surface area contributed by atoms with Gasteiger partial charge in [-0.1, -0.05) is 12.1 Å². The van der Waals surface area contributed by atoms with Crippen molar-refractivity contribution in [3.63, 3.8) is 0 Å². The molecule has 0 spiro atoms. The van der Waals surface area contributed by atoms with Crippen LogP contribution in [0.25, 0.3) is 0 Å². The lowest BCUT2D eigenvalue weighted by Gasteiger charge is -2.14. The van der Waals surface area contributed by atoms with Crippen LogP contribution in [0.5, 0.6) is 0 Å². The molecular weight excluding hydrogens is 262 g/mol. The molecule has 20 heavy (non-hydrogen) atoms. The molecule has 0 bridgehead atoms. The number of amides is 3. The fraction of sp³-hybridized carbons (Fsp3) is 0.308. The summed E-state index contributed by atoms with van der Waals surface area (Å²) in [6, 6.07) is 6.37. The second-order valence-electron chi connectivity index (χ2n) is 4.23.